The van der Waals surface area contributed by atoms with Crippen LogP contribution < -0.4 is 11.1 Å². The van der Waals surface area contributed by atoms with Crippen LogP contribution in [0.15, 0.2) is 54.7 Å². The Morgan fingerprint density at radius 2 is 1.78 bits per heavy atom. The minimum atomic E-state index is -4.59. The van der Waals surface area contributed by atoms with Crippen molar-refractivity contribution in [2.75, 3.05) is 0 Å². The van der Waals surface area contributed by atoms with Gasteiger partial charge < -0.3 is 26.0 Å². The third-order valence-corrected chi connectivity index (χ3v) is 7.39. The molecule has 1 aromatic heterocycles. The number of aliphatic hydroxyl groups is 2. The molecule has 0 saturated carbocycles. The maximum atomic E-state index is 13.4. The number of aromatic nitrogens is 2. The van der Waals surface area contributed by atoms with Gasteiger partial charge >= 0.3 is 6.18 Å². The van der Waals surface area contributed by atoms with Crippen LogP contribution in [0.4, 0.5) is 13.2 Å². The zero-order chi connectivity index (χ0) is 29.9. The van der Waals surface area contributed by atoms with E-state index < -0.39 is 47.2 Å². The first kappa shape index (κ1) is 30.4. The molecule has 220 valence electrons. The normalized spacial score (nSPS) is 23.5. The smallest absolute Gasteiger partial charge is 0.391 e. The summed E-state index contributed by atoms with van der Waals surface area (Å²) in [6, 6.07) is 10.2. The summed E-state index contributed by atoms with van der Waals surface area (Å²) in [5, 5.41) is 25.4. The second-order valence-corrected chi connectivity index (χ2v) is 10.8. The summed E-state index contributed by atoms with van der Waals surface area (Å²) in [6.45, 7) is 3.49. The van der Waals surface area contributed by atoms with Crippen LogP contribution in [0.5, 0.6) is 0 Å². The van der Waals surface area contributed by atoms with Crippen molar-refractivity contribution in [3.8, 4) is 0 Å². The zero-order valence-corrected chi connectivity index (χ0v) is 22.6. The number of hydrogen-bond donors (Lipinski definition) is 4. The molecule has 2 aromatic carbocycles. The first-order valence-electron chi connectivity index (χ1n) is 13.3. The lowest BCUT2D eigenvalue weighted by Gasteiger charge is -2.43. The van der Waals surface area contributed by atoms with Gasteiger partial charge in [-0.3, -0.25) is 14.6 Å². The average molecular weight is 575 g/mol. The number of fused-ring (bicyclic) bond motifs is 1. The lowest BCUT2D eigenvalue weighted by atomic mass is 9.73. The van der Waals surface area contributed by atoms with Crippen LogP contribution in [0, 0.1) is 5.92 Å². The van der Waals surface area contributed by atoms with E-state index in [0.29, 0.717) is 11.0 Å². The van der Waals surface area contributed by atoms with Gasteiger partial charge in [0.2, 0.25) is 5.91 Å². The molecule has 0 bridgehead atoms. The number of benzene rings is 2. The lowest BCUT2D eigenvalue weighted by molar-refractivity contribution is -0.168. The fourth-order valence-corrected chi connectivity index (χ4v) is 5.58. The number of hydrogen-bond acceptors (Lipinski definition) is 7. The van der Waals surface area contributed by atoms with Crippen LogP contribution in [0.3, 0.4) is 0 Å². The van der Waals surface area contributed by atoms with Crippen molar-refractivity contribution in [1.82, 2.24) is 15.3 Å². The van der Waals surface area contributed by atoms with Crippen molar-refractivity contribution in [3.05, 3.63) is 71.5 Å². The summed E-state index contributed by atoms with van der Waals surface area (Å²) in [5.74, 6) is -2.79. The van der Waals surface area contributed by atoms with E-state index in [2.05, 4.69) is 15.3 Å². The Balaban J connectivity index is 1.63. The number of para-hydroxylation sites is 2. The number of aliphatic hydroxyl groups excluding tert-OH is 1. The molecular formula is C29H33F3N4O5. The number of primary amides is 1. The van der Waals surface area contributed by atoms with Crippen LogP contribution in [-0.4, -0.2) is 62.0 Å². The monoisotopic (exact) mass is 574 g/mol. The fourth-order valence-electron chi connectivity index (χ4n) is 5.58. The van der Waals surface area contributed by atoms with E-state index in [1.165, 1.54) is 18.3 Å². The second-order valence-electron chi connectivity index (χ2n) is 10.8. The standard InChI is InChI=1S/C29H33F3N4O5/c1-16-13-28(40,14-17(2)41-16)20(26(33)38)12-25(37)23(11-18-6-5-7-19(10-18)29(30,31)32)36-27(39)24-15-34-21-8-3-4-9-22(21)35-24/h3-10,15-17,20,23,25,37,40H,11-14H2,1-2H3,(H2,33,38)(H,36,39). The molecule has 4 rings (SSSR count). The van der Waals surface area contributed by atoms with Crippen LogP contribution in [0.25, 0.3) is 11.0 Å². The molecule has 5 unspecified atom stereocenters. The van der Waals surface area contributed by atoms with Gasteiger partial charge in [-0.15, -0.1) is 0 Å². The Morgan fingerprint density at radius 1 is 1.12 bits per heavy atom. The first-order chi connectivity index (χ1) is 19.2. The molecule has 2 heterocycles. The topological polar surface area (TPSA) is 148 Å². The van der Waals surface area contributed by atoms with Crippen LogP contribution in [0.2, 0.25) is 0 Å². The van der Waals surface area contributed by atoms with Gasteiger partial charge in [0, 0.05) is 12.8 Å². The summed E-state index contributed by atoms with van der Waals surface area (Å²) in [4.78, 5) is 34.3. The maximum absolute atomic E-state index is 13.4. The minimum Gasteiger partial charge on any atom is -0.391 e. The van der Waals surface area contributed by atoms with E-state index in [4.69, 9.17) is 10.5 Å². The van der Waals surface area contributed by atoms with Crippen LogP contribution in [0.1, 0.15) is 54.7 Å². The molecule has 1 fully saturated rings. The summed E-state index contributed by atoms with van der Waals surface area (Å²) in [5.41, 5.74) is 4.34. The Kier molecular flexibility index (Phi) is 8.95. The van der Waals surface area contributed by atoms with Crippen molar-refractivity contribution < 1.29 is 37.7 Å². The van der Waals surface area contributed by atoms with Crippen LogP contribution in [-0.2, 0) is 22.1 Å². The summed E-state index contributed by atoms with van der Waals surface area (Å²) < 4.78 is 45.8. The van der Waals surface area contributed by atoms with Gasteiger partial charge in [-0.2, -0.15) is 13.2 Å². The SMILES string of the molecule is CC1CC(O)(C(CC(O)C(Cc2cccc(C(F)(F)F)c2)NC(=O)c2cnc3ccccc3n2)C(N)=O)CC(C)O1. The first-order valence-corrected chi connectivity index (χ1v) is 13.3. The molecule has 2 amide bonds. The highest BCUT2D eigenvalue weighted by atomic mass is 19.4. The van der Waals surface area contributed by atoms with Gasteiger partial charge in [0.1, 0.15) is 5.69 Å². The minimum absolute atomic E-state index is 0.0675. The number of halogens is 3. The van der Waals surface area contributed by atoms with E-state index in [0.717, 1.165) is 12.1 Å². The molecule has 0 spiro atoms. The molecule has 0 aliphatic carbocycles. The number of rotatable bonds is 9. The molecular weight excluding hydrogens is 541 g/mol. The molecule has 1 aliphatic heterocycles. The van der Waals surface area contributed by atoms with E-state index >= 15 is 0 Å². The van der Waals surface area contributed by atoms with Crippen molar-refractivity contribution in [2.24, 2.45) is 11.7 Å². The van der Waals surface area contributed by atoms with Gasteiger partial charge in [-0.1, -0.05) is 30.3 Å². The zero-order valence-electron chi connectivity index (χ0n) is 22.6. The highest BCUT2D eigenvalue weighted by molar-refractivity contribution is 5.94. The van der Waals surface area contributed by atoms with E-state index in [1.54, 1.807) is 38.1 Å². The quantitative estimate of drug-likeness (QED) is 0.307. The number of nitrogens with one attached hydrogen (secondary N) is 1. The number of ether oxygens (including phenoxy) is 1. The average Bonchev–Trinajstić information content (AvgIpc) is 2.89. The second kappa shape index (κ2) is 12.1. The molecule has 0 radical (unpaired) electrons. The molecule has 5 atom stereocenters. The van der Waals surface area contributed by atoms with Gasteiger partial charge in [-0.05, 0) is 50.5 Å². The number of nitrogens with zero attached hydrogens (tertiary/aromatic N) is 2. The molecule has 3 aromatic rings. The highest BCUT2D eigenvalue weighted by Gasteiger charge is 2.47. The Bertz CT molecular complexity index is 1390. The Labute approximate surface area is 234 Å². The van der Waals surface area contributed by atoms with E-state index in [9.17, 15) is 33.0 Å². The molecule has 5 N–H and O–H groups in total. The van der Waals surface area contributed by atoms with E-state index in [1.807, 2.05) is 0 Å². The van der Waals surface area contributed by atoms with Crippen molar-refractivity contribution in [3.63, 3.8) is 0 Å². The molecule has 12 heteroatoms. The van der Waals surface area contributed by atoms with Crippen molar-refractivity contribution in [1.29, 1.82) is 0 Å². The van der Waals surface area contributed by atoms with Gasteiger partial charge in [0.25, 0.3) is 5.91 Å². The number of amides is 2. The third-order valence-electron chi connectivity index (χ3n) is 7.39. The van der Waals surface area contributed by atoms with Gasteiger partial charge in [0.05, 0.1) is 58.7 Å². The number of alkyl halides is 3. The van der Waals surface area contributed by atoms with Crippen molar-refractivity contribution >= 4 is 22.8 Å². The molecule has 41 heavy (non-hydrogen) atoms. The molecule has 9 nitrogen and oxygen atoms in total. The third kappa shape index (κ3) is 7.38. The predicted octanol–water partition coefficient (Wildman–Crippen LogP) is 3.16. The lowest BCUT2D eigenvalue weighted by Crippen LogP contribution is -2.55. The number of carbonyl (C=O) groups is 2. The summed E-state index contributed by atoms with van der Waals surface area (Å²) >= 11 is 0. The largest absolute Gasteiger partial charge is 0.416 e. The predicted molar refractivity (Wildman–Crippen MR) is 143 cm³/mol. The van der Waals surface area contributed by atoms with Crippen molar-refractivity contribution in [2.45, 2.75) is 75.7 Å². The summed E-state index contributed by atoms with van der Waals surface area (Å²) in [6.07, 6.45) is -5.95. The fraction of sp³-hybridized carbons (Fsp3) is 0.448. The number of carbonyl (C=O) groups excluding carboxylic acids is 2. The Hall–Kier alpha value is -3.61. The van der Waals surface area contributed by atoms with Crippen LogP contribution >= 0.6 is 0 Å². The van der Waals surface area contributed by atoms with Gasteiger partial charge in [-0.25, -0.2) is 4.98 Å². The maximum Gasteiger partial charge on any atom is 0.416 e. The van der Waals surface area contributed by atoms with Gasteiger partial charge in [0.15, 0.2) is 0 Å². The summed E-state index contributed by atoms with van der Waals surface area (Å²) in [7, 11) is 0. The highest BCUT2D eigenvalue weighted by Crippen LogP contribution is 2.37. The number of nitrogens with two attached hydrogens (primary N) is 1. The molecule has 1 saturated heterocycles. The molecule has 1 aliphatic rings. The van der Waals surface area contributed by atoms with E-state index in [-0.39, 0.29) is 49.1 Å². The Morgan fingerprint density at radius 3 is 2.41 bits per heavy atom.